The van der Waals surface area contributed by atoms with Gasteiger partial charge in [-0.25, -0.2) is 18.1 Å². The number of nitrogens with two attached hydrogens (primary N) is 1. The smallest absolute Gasteiger partial charge is 0.278 e. The van der Waals surface area contributed by atoms with E-state index >= 15 is 0 Å². The molecule has 1 saturated heterocycles. The largest absolute Gasteiger partial charge is 0.476 e. The van der Waals surface area contributed by atoms with Gasteiger partial charge in [-0.15, -0.1) is 0 Å². The fourth-order valence-corrected chi connectivity index (χ4v) is 7.35. The standard InChI is InChI=1S/C31H42N6O5S/c1-2-13-34-43(40,41)26-8-6-7-23(18-26)31(39)35-28-19-24-21-33-29(42-17-16-36-14-4-3-5-15-36)20-27(24)37(28)25-11-9-22(10-12-25)30(32)38/h6-8,18,20-22,25,34H,2-5,9-17,19H2,1H3,(H2,32,38). The number of nitrogens with one attached hydrogen (secondary N) is 1. The lowest BCUT2D eigenvalue weighted by atomic mass is 9.85. The molecule has 0 spiro atoms. The van der Waals surface area contributed by atoms with Crippen LogP contribution in [0.2, 0.25) is 0 Å². The second kappa shape index (κ2) is 14.0. The second-order valence-corrected chi connectivity index (χ2v) is 13.4. The number of anilines is 1. The number of hydrogen-bond donors (Lipinski definition) is 2. The summed E-state index contributed by atoms with van der Waals surface area (Å²) in [5.41, 5.74) is 7.63. The van der Waals surface area contributed by atoms with E-state index in [2.05, 4.69) is 24.5 Å². The van der Waals surface area contributed by atoms with Crippen molar-refractivity contribution >= 4 is 33.4 Å². The second-order valence-electron chi connectivity index (χ2n) is 11.6. The van der Waals surface area contributed by atoms with E-state index in [1.165, 1.54) is 31.4 Å². The van der Waals surface area contributed by atoms with Crippen molar-refractivity contribution in [2.75, 3.05) is 37.7 Å². The van der Waals surface area contributed by atoms with E-state index in [0.717, 1.165) is 43.7 Å². The number of primary amides is 1. The predicted octanol–water partition coefficient (Wildman–Crippen LogP) is 3.28. The number of aliphatic imine (C=N–C) groups is 1. The number of amides is 2. The molecule has 0 unspecified atom stereocenters. The maximum atomic E-state index is 13.4. The van der Waals surface area contributed by atoms with Gasteiger partial charge in [0, 0.05) is 54.9 Å². The van der Waals surface area contributed by atoms with Gasteiger partial charge < -0.3 is 15.4 Å². The molecule has 12 heteroatoms. The first-order valence-electron chi connectivity index (χ1n) is 15.4. The van der Waals surface area contributed by atoms with E-state index in [4.69, 9.17) is 10.5 Å². The Morgan fingerprint density at radius 2 is 1.88 bits per heavy atom. The number of carbonyl (C=O) groups excluding carboxylic acids is 2. The summed E-state index contributed by atoms with van der Waals surface area (Å²) in [6.45, 7) is 5.78. The number of ether oxygens (including phenoxy) is 1. The maximum Gasteiger partial charge on any atom is 0.278 e. The third-order valence-corrected chi connectivity index (χ3v) is 10.0. The molecule has 43 heavy (non-hydrogen) atoms. The molecule has 3 N–H and O–H groups in total. The van der Waals surface area contributed by atoms with E-state index < -0.39 is 15.9 Å². The summed E-state index contributed by atoms with van der Waals surface area (Å²) >= 11 is 0. The number of sulfonamides is 1. The monoisotopic (exact) mass is 610 g/mol. The van der Waals surface area contributed by atoms with Crippen molar-refractivity contribution in [2.45, 2.75) is 75.6 Å². The van der Waals surface area contributed by atoms with Gasteiger partial charge in [0.05, 0.1) is 10.6 Å². The van der Waals surface area contributed by atoms with Crippen LogP contribution in [0.1, 0.15) is 74.2 Å². The fourth-order valence-electron chi connectivity index (χ4n) is 6.17. The molecule has 2 fully saturated rings. The van der Waals surface area contributed by atoms with Crippen LogP contribution < -0.4 is 20.1 Å². The molecular formula is C31H42N6O5S. The Bertz CT molecular complexity index is 1450. The first-order valence-corrected chi connectivity index (χ1v) is 16.9. The molecule has 2 aromatic rings. The molecule has 2 amide bonds. The first kappa shape index (κ1) is 31.1. The molecule has 1 aliphatic carbocycles. The zero-order valence-electron chi connectivity index (χ0n) is 24.8. The lowest BCUT2D eigenvalue weighted by Gasteiger charge is -2.35. The number of nitrogens with zero attached hydrogens (tertiary/aromatic N) is 4. The van der Waals surface area contributed by atoms with Crippen molar-refractivity contribution in [3.63, 3.8) is 0 Å². The molecule has 5 rings (SSSR count). The Hall–Kier alpha value is -3.35. The van der Waals surface area contributed by atoms with Crippen LogP contribution in [0, 0.1) is 5.92 Å². The average molecular weight is 611 g/mol. The van der Waals surface area contributed by atoms with Crippen LogP contribution in [0.25, 0.3) is 0 Å². The number of amidine groups is 1. The van der Waals surface area contributed by atoms with Crippen LogP contribution in [0.5, 0.6) is 5.88 Å². The highest BCUT2D eigenvalue weighted by atomic mass is 32.2. The minimum atomic E-state index is -3.73. The third kappa shape index (κ3) is 7.60. The number of benzene rings is 1. The molecule has 2 aliphatic heterocycles. The van der Waals surface area contributed by atoms with Crippen LogP contribution in [-0.2, 0) is 21.2 Å². The fraction of sp³-hybridized carbons (Fsp3) is 0.548. The number of hydrogen-bond acceptors (Lipinski definition) is 7. The summed E-state index contributed by atoms with van der Waals surface area (Å²) in [4.78, 5) is 38.9. The third-order valence-electron chi connectivity index (χ3n) is 8.56. The van der Waals surface area contributed by atoms with Crippen LogP contribution in [0.4, 0.5) is 5.69 Å². The summed E-state index contributed by atoms with van der Waals surface area (Å²) in [6.07, 6.45) is 9.37. The lowest BCUT2D eigenvalue weighted by molar-refractivity contribution is -0.122. The molecule has 0 atom stereocenters. The zero-order valence-corrected chi connectivity index (χ0v) is 25.7. The summed E-state index contributed by atoms with van der Waals surface area (Å²) < 4.78 is 33.9. The Morgan fingerprint density at radius 3 is 2.60 bits per heavy atom. The van der Waals surface area contributed by atoms with Gasteiger partial charge in [-0.3, -0.25) is 14.5 Å². The number of rotatable bonds is 11. The highest BCUT2D eigenvalue weighted by Crippen LogP contribution is 2.38. The highest BCUT2D eigenvalue weighted by molar-refractivity contribution is 7.89. The van der Waals surface area contributed by atoms with Gasteiger partial charge in [0.2, 0.25) is 21.8 Å². The molecule has 11 nitrogen and oxygen atoms in total. The molecule has 3 aliphatic rings. The summed E-state index contributed by atoms with van der Waals surface area (Å²) in [6, 6.07) is 7.91. The highest BCUT2D eigenvalue weighted by Gasteiger charge is 2.36. The van der Waals surface area contributed by atoms with E-state index in [1.54, 1.807) is 18.3 Å². The number of likely N-dealkylation sites (tertiary alicyclic amines) is 1. The molecular weight excluding hydrogens is 568 g/mol. The topological polar surface area (TPSA) is 147 Å². The Kier molecular flexibility index (Phi) is 10.1. The molecule has 232 valence electrons. The maximum absolute atomic E-state index is 13.4. The molecule has 0 radical (unpaired) electrons. The number of piperidine rings is 1. The van der Waals surface area contributed by atoms with Crippen LogP contribution in [-0.4, -0.2) is 74.8 Å². The minimum Gasteiger partial charge on any atom is -0.476 e. The van der Waals surface area contributed by atoms with Crippen molar-refractivity contribution < 1.29 is 22.7 Å². The number of pyridine rings is 1. The SMILES string of the molecule is CCCNS(=O)(=O)c1cccc(C(=O)N=C2Cc3cnc(OCCN4CCCCC4)cc3N2C2CCC(C(N)=O)CC2)c1. The summed E-state index contributed by atoms with van der Waals surface area (Å²) in [5.74, 6) is 0.152. The Morgan fingerprint density at radius 1 is 1.12 bits per heavy atom. The lowest BCUT2D eigenvalue weighted by Crippen LogP contribution is -2.42. The molecule has 1 aromatic heterocycles. The molecule has 1 saturated carbocycles. The van der Waals surface area contributed by atoms with Crippen LogP contribution >= 0.6 is 0 Å². The molecule has 1 aromatic carbocycles. The van der Waals surface area contributed by atoms with Crippen molar-refractivity contribution in [2.24, 2.45) is 16.6 Å². The summed E-state index contributed by atoms with van der Waals surface area (Å²) in [7, 11) is -3.73. The summed E-state index contributed by atoms with van der Waals surface area (Å²) in [5, 5.41) is 0. The molecule has 3 heterocycles. The Balaban J connectivity index is 1.38. The van der Waals surface area contributed by atoms with E-state index in [1.807, 2.05) is 13.0 Å². The van der Waals surface area contributed by atoms with Gasteiger partial charge in [0.15, 0.2) is 0 Å². The Labute approximate surface area is 253 Å². The van der Waals surface area contributed by atoms with Crippen molar-refractivity contribution in [3.8, 4) is 5.88 Å². The van der Waals surface area contributed by atoms with Gasteiger partial charge >= 0.3 is 0 Å². The van der Waals surface area contributed by atoms with Crippen molar-refractivity contribution in [1.82, 2.24) is 14.6 Å². The van der Waals surface area contributed by atoms with Gasteiger partial charge in [-0.05, 0) is 76.2 Å². The van der Waals surface area contributed by atoms with Gasteiger partial charge in [0.1, 0.15) is 12.4 Å². The van der Waals surface area contributed by atoms with Crippen molar-refractivity contribution in [1.29, 1.82) is 0 Å². The first-order chi connectivity index (χ1) is 20.7. The normalized spacial score (nSPS) is 22.0. The van der Waals surface area contributed by atoms with E-state index in [9.17, 15) is 18.0 Å². The van der Waals surface area contributed by atoms with Crippen molar-refractivity contribution in [3.05, 3.63) is 47.7 Å². The number of carbonyl (C=O) groups is 2. The number of aromatic nitrogens is 1. The van der Waals surface area contributed by atoms with E-state index in [-0.39, 0.29) is 28.3 Å². The van der Waals surface area contributed by atoms with Gasteiger partial charge in [0.25, 0.3) is 5.91 Å². The minimum absolute atomic E-state index is 0.0250. The van der Waals surface area contributed by atoms with E-state index in [0.29, 0.717) is 50.6 Å². The quantitative estimate of drug-likeness (QED) is 0.394. The zero-order chi connectivity index (χ0) is 30.4. The number of fused-ring (bicyclic) bond motifs is 1. The van der Waals surface area contributed by atoms with Crippen LogP contribution in [0.3, 0.4) is 0 Å². The predicted molar refractivity (Wildman–Crippen MR) is 165 cm³/mol. The molecule has 0 bridgehead atoms. The van der Waals surface area contributed by atoms with Gasteiger partial charge in [-0.2, -0.15) is 4.99 Å². The van der Waals surface area contributed by atoms with Crippen LogP contribution in [0.15, 0.2) is 46.4 Å². The van der Waals surface area contributed by atoms with Gasteiger partial charge in [-0.1, -0.05) is 19.4 Å². The average Bonchev–Trinajstić information content (AvgIpc) is 3.37.